The number of hydrogen-bond acceptors (Lipinski definition) is 6. The highest BCUT2D eigenvalue weighted by Crippen LogP contribution is 2.33. The maximum absolute atomic E-state index is 12.6. The average molecular weight is 504 g/mol. The van der Waals surface area contributed by atoms with Crippen molar-refractivity contribution in [3.63, 3.8) is 0 Å². The molecule has 1 aliphatic carbocycles. The molecule has 0 saturated carbocycles. The molecule has 7 nitrogen and oxygen atoms in total. The van der Waals surface area contributed by atoms with Gasteiger partial charge in [-0.3, -0.25) is 14.6 Å². The standard InChI is InChI=1S/C25H27Cl2N3O4/c1-4-34-24(33)21(29-17-10-18(31)12-25(2,3)11-17)9-15-5-7-16(8-6-15)30-23(32)22-19(26)13-28-14-20(22)27/h5-8,10,13-14,21,29H,4,9,11-12H2,1-3H3,(H,30,32)/t21-/m0/s1. The third kappa shape index (κ3) is 6.81. The lowest BCUT2D eigenvalue weighted by Gasteiger charge is -2.31. The monoisotopic (exact) mass is 503 g/mol. The summed E-state index contributed by atoms with van der Waals surface area (Å²) in [6, 6.07) is 6.42. The summed E-state index contributed by atoms with van der Waals surface area (Å²) in [6.45, 7) is 6.06. The zero-order chi connectivity index (χ0) is 24.9. The van der Waals surface area contributed by atoms with Crippen molar-refractivity contribution in [1.29, 1.82) is 0 Å². The number of carbonyl (C=O) groups excluding carboxylic acids is 3. The Bertz CT molecular complexity index is 1090. The van der Waals surface area contributed by atoms with Crippen LogP contribution in [0.1, 0.15) is 49.5 Å². The molecule has 1 heterocycles. The molecule has 180 valence electrons. The third-order valence-corrected chi connectivity index (χ3v) is 5.89. The van der Waals surface area contributed by atoms with E-state index in [0.717, 1.165) is 11.3 Å². The Hall–Kier alpha value is -2.90. The van der Waals surface area contributed by atoms with Crippen LogP contribution >= 0.6 is 23.2 Å². The number of nitrogens with zero attached hydrogens (tertiary/aromatic N) is 1. The first-order chi connectivity index (χ1) is 16.1. The smallest absolute Gasteiger partial charge is 0.328 e. The van der Waals surface area contributed by atoms with E-state index in [1.165, 1.54) is 12.4 Å². The molecule has 1 aromatic carbocycles. The molecule has 0 bridgehead atoms. The second-order valence-electron chi connectivity index (χ2n) is 8.94. The topological polar surface area (TPSA) is 97.4 Å². The van der Waals surface area contributed by atoms with Gasteiger partial charge in [-0.2, -0.15) is 0 Å². The predicted octanol–water partition coefficient (Wildman–Crippen LogP) is 4.98. The summed E-state index contributed by atoms with van der Waals surface area (Å²) < 4.78 is 5.24. The summed E-state index contributed by atoms with van der Waals surface area (Å²) in [5, 5.41) is 6.28. The Morgan fingerprint density at radius 2 is 1.76 bits per heavy atom. The highest BCUT2D eigenvalue weighted by molar-refractivity contribution is 6.40. The number of esters is 1. The van der Waals surface area contributed by atoms with Crippen molar-refractivity contribution in [1.82, 2.24) is 10.3 Å². The van der Waals surface area contributed by atoms with Gasteiger partial charge in [-0.05, 0) is 36.5 Å². The van der Waals surface area contributed by atoms with Crippen LogP contribution in [-0.2, 0) is 20.7 Å². The minimum absolute atomic E-state index is 0.0378. The van der Waals surface area contributed by atoms with Crippen LogP contribution in [-0.4, -0.2) is 35.3 Å². The molecule has 2 aromatic rings. The zero-order valence-corrected chi connectivity index (χ0v) is 20.8. The number of halogens is 2. The van der Waals surface area contributed by atoms with Gasteiger partial charge in [-0.1, -0.05) is 49.2 Å². The number of ketones is 1. The Labute approximate surface area is 208 Å². The van der Waals surface area contributed by atoms with Gasteiger partial charge in [0.25, 0.3) is 5.91 Å². The van der Waals surface area contributed by atoms with Gasteiger partial charge in [0.2, 0.25) is 0 Å². The Morgan fingerprint density at radius 3 is 2.35 bits per heavy atom. The molecular weight excluding hydrogens is 477 g/mol. The van der Waals surface area contributed by atoms with E-state index in [1.807, 2.05) is 26.0 Å². The van der Waals surface area contributed by atoms with Crippen LogP contribution in [0, 0.1) is 5.41 Å². The van der Waals surface area contributed by atoms with Crippen LogP contribution in [0.2, 0.25) is 10.0 Å². The number of rotatable bonds is 8. The summed E-state index contributed by atoms with van der Waals surface area (Å²) in [7, 11) is 0. The van der Waals surface area contributed by atoms with Gasteiger partial charge in [0.15, 0.2) is 5.78 Å². The SMILES string of the molecule is CCOC(=O)[C@H](Cc1ccc(NC(=O)c2c(Cl)cncc2Cl)cc1)NC1=CC(=O)CC(C)(C)C1. The van der Waals surface area contributed by atoms with Crippen molar-refractivity contribution in [2.24, 2.45) is 5.41 Å². The lowest BCUT2D eigenvalue weighted by atomic mass is 9.78. The van der Waals surface area contributed by atoms with Crippen LogP contribution in [0.25, 0.3) is 0 Å². The summed E-state index contributed by atoms with van der Waals surface area (Å²) >= 11 is 12.1. The van der Waals surface area contributed by atoms with E-state index in [-0.39, 0.29) is 33.4 Å². The van der Waals surface area contributed by atoms with Crippen molar-refractivity contribution in [2.45, 2.75) is 46.1 Å². The van der Waals surface area contributed by atoms with Crippen LogP contribution in [0.4, 0.5) is 5.69 Å². The molecule has 1 aromatic heterocycles. The van der Waals surface area contributed by atoms with E-state index in [1.54, 1.807) is 25.1 Å². The van der Waals surface area contributed by atoms with Gasteiger partial charge in [-0.25, -0.2) is 4.79 Å². The molecule has 0 spiro atoms. The number of pyridine rings is 1. The summed E-state index contributed by atoms with van der Waals surface area (Å²) in [5.74, 6) is -0.804. The fraction of sp³-hybridized carbons (Fsp3) is 0.360. The van der Waals surface area contributed by atoms with Gasteiger partial charge in [0, 0.05) is 42.7 Å². The third-order valence-electron chi connectivity index (χ3n) is 5.32. The number of allylic oxidation sites excluding steroid dienone is 2. The van der Waals surface area contributed by atoms with Crippen LogP contribution in [0.15, 0.2) is 48.4 Å². The molecule has 0 aliphatic heterocycles. The maximum atomic E-state index is 12.6. The highest BCUT2D eigenvalue weighted by atomic mass is 35.5. The number of aromatic nitrogens is 1. The average Bonchev–Trinajstić information content (AvgIpc) is 2.73. The normalized spacial score (nSPS) is 15.8. The number of amides is 1. The zero-order valence-electron chi connectivity index (χ0n) is 19.3. The van der Waals surface area contributed by atoms with Gasteiger partial charge < -0.3 is 15.4 Å². The molecule has 3 rings (SSSR count). The summed E-state index contributed by atoms with van der Waals surface area (Å²) in [4.78, 5) is 41.1. The largest absolute Gasteiger partial charge is 0.464 e. The Kier molecular flexibility index (Phi) is 8.33. The minimum atomic E-state index is -0.650. The van der Waals surface area contributed by atoms with E-state index in [9.17, 15) is 14.4 Å². The molecule has 9 heteroatoms. The highest BCUT2D eigenvalue weighted by Gasteiger charge is 2.30. The van der Waals surface area contributed by atoms with Crippen molar-refractivity contribution < 1.29 is 19.1 Å². The van der Waals surface area contributed by atoms with Gasteiger partial charge in [0.1, 0.15) is 6.04 Å². The molecule has 34 heavy (non-hydrogen) atoms. The van der Waals surface area contributed by atoms with Crippen LogP contribution < -0.4 is 10.6 Å². The quantitative estimate of drug-likeness (QED) is 0.493. The number of benzene rings is 1. The van der Waals surface area contributed by atoms with Gasteiger partial charge >= 0.3 is 5.97 Å². The van der Waals surface area contributed by atoms with Crippen molar-refractivity contribution >= 4 is 46.5 Å². The molecule has 0 unspecified atom stereocenters. The van der Waals surface area contributed by atoms with Gasteiger partial charge in [-0.15, -0.1) is 0 Å². The lowest BCUT2D eigenvalue weighted by Crippen LogP contribution is -2.41. The number of ether oxygens (including phenoxy) is 1. The van der Waals surface area contributed by atoms with E-state index in [0.29, 0.717) is 24.9 Å². The fourth-order valence-corrected chi connectivity index (χ4v) is 4.42. The van der Waals surface area contributed by atoms with E-state index in [2.05, 4.69) is 15.6 Å². The second kappa shape index (κ2) is 11.0. The fourth-order valence-electron chi connectivity index (χ4n) is 3.88. The second-order valence-corrected chi connectivity index (χ2v) is 9.75. The molecule has 1 aliphatic rings. The van der Waals surface area contributed by atoms with Crippen molar-refractivity contribution in [3.8, 4) is 0 Å². The number of anilines is 1. The van der Waals surface area contributed by atoms with E-state index >= 15 is 0 Å². The molecule has 0 radical (unpaired) electrons. The summed E-state index contributed by atoms with van der Waals surface area (Å²) in [5.41, 5.74) is 2.10. The van der Waals surface area contributed by atoms with Crippen molar-refractivity contribution in [3.05, 3.63) is 69.6 Å². The maximum Gasteiger partial charge on any atom is 0.328 e. The van der Waals surface area contributed by atoms with Gasteiger partial charge in [0.05, 0.1) is 22.2 Å². The molecule has 1 atom stereocenters. The van der Waals surface area contributed by atoms with Crippen molar-refractivity contribution in [2.75, 3.05) is 11.9 Å². The lowest BCUT2D eigenvalue weighted by molar-refractivity contribution is -0.145. The number of carbonyl (C=O) groups is 3. The first kappa shape index (κ1) is 25.7. The minimum Gasteiger partial charge on any atom is -0.464 e. The van der Waals surface area contributed by atoms with Crippen LogP contribution in [0.5, 0.6) is 0 Å². The number of nitrogens with one attached hydrogen (secondary N) is 2. The molecule has 1 amide bonds. The predicted molar refractivity (Wildman–Crippen MR) is 132 cm³/mol. The number of hydrogen-bond donors (Lipinski definition) is 2. The van der Waals surface area contributed by atoms with E-state index in [4.69, 9.17) is 27.9 Å². The Balaban J connectivity index is 1.71. The van der Waals surface area contributed by atoms with E-state index < -0.39 is 17.9 Å². The molecule has 0 fully saturated rings. The van der Waals surface area contributed by atoms with Crippen LogP contribution in [0.3, 0.4) is 0 Å². The molecule has 2 N–H and O–H groups in total. The molecule has 0 saturated heterocycles. The molecular formula is C25H27Cl2N3O4. The Morgan fingerprint density at radius 1 is 1.12 bits per heavy atom. The summed E-state index contributed by atoms with van der Waals surface area (Å²) in [6.07, 6.45) is 5.77. The first-order valence-electron chi connectivity index (χ1n) is 10.9. The first-order valence-corrected chi connectivity index (χ1v) is 11.7.